The quantitative estimate of drug-likeness (QED) is 0.150. The van der Waals surface area contributed by atoms with E-state index in [1.165, 1.54) is 48.5 Å². The number of hydrogen-bond acceptors (Lipinski definition) is 7. The van der Waals surface area contributed by atoms with Crippen molar-refractivity contribution in [2.24, 2.45) is 10.2 Å². The molecule has 0 bridgehead atoms. The molecule has 3 aromatic rings. The first-order valence-electron chi connectivity index (χ1n) is 10.2. The Kier molecular flexibility index (Phi) is 6.63. The molecule has 12 heteroatoms. The zero-order valence-electron chi connectivity index (χ0n) is 17.9. The van der Waals surface area contributed by atoms with Gasteiger partial charge in [-0.3, -0.25) is 19.6 Å². The van der Waals surface area contributed by atoms with Gasteiger partial charge in [0.05, 0.1) is 21.1 Å². The number of aromatic hydroxyl groups is 1. The van der Waals surface area contributed by atoms with Crippen molar-refractivity contribution in [2.45, 2.75) is 17.7 Å². The lowest BCUT2D eigenvalue weighted by molar-refractivity contribution is -0.384. The minimum absolute atomic E-state index is 0.0147. The van der Waals surface area contributed by atoms with Crippen molar-refractivity contribution in [3.8, 4) is 5.75 Å². The van der Waals surface area contributed by atoms with Gasteiger partial charge in [0.15, 0.2) is 0 Å². The molecule has 2 N–H and O–H groups in total. The van der Waals surface area contributed by atoms with E-state index in [2.05, 4.69) is 15.0 Å². The molecule has 35 heavy (non-hydrogen) atoms. The van der Waals surface area contributed by atoms with E-state index in [0.29, 0.717) is 29.0 Å². The van der Waals surface area contributed by atoms with Crippen LogP contribution in [0.4, 0.5) is 17.1 Å². The van der Waals surface area contributed by atoms with Crippen LogP contribution in [0.2, 0.25) is 5.02 Å². The maximum atomic E-state index is 12.9. The Morgan fingerprint density at radius 1 is 1.06 bits per heavy atom. The van der Waals surface area contributed by atoms with Crippen LogP contribution in [-0.4, -0.2) is 24.4 Å². The predicted molar refractivity (Wildman–Crippen MR) is 129 cm³/mol. The van der Waals surface area contributed by atoms with Crippen molar-refractivity contribution in [1.29, 1.82) is 0 Å². The number of rotatable bonds is 6. The number of phenols is 1. The highest BCUT2D eigenvalue weighted by molar-refractivity contribution is 7.92. The van der Waals surface area contributed by atoms with E-state index >= 15 is 0 Å². The first kappa shape index (κ1) is 24.0. The molecule has 0 radical (unpaired) electrons. The smallest absolute Gasteiger partial charge is 0.295 e. The number of nitrogens with one attached hydrogen (secondary N) is 1. The zero-order chi connectivity index (χ0) is 25.2. The Labute approximate surface area is 204 Å². The maximum Gasteiger partial charge on any atom is 0.295 e. The number of anilines is 1. The zero-order valence-corrected chi connectivity index (χ0v) is 19.5. The predicted octanol–water partition coefficient (Wildman–Crippen LogP) is 5.33. The molecule has 0 fully saturated rings. The van der Waals surface area contributed by atoms with Gasteiger partial charge in [-0.2, -0.15) is 0 Å². The summed E-state index contributed by atoms with van der Waals surface area (Å²) < 4.78 is 28.4. The van der Waals surface area contributed by atoms with Crippen molar-refractivity contribution >= 4 is 44.6 Å². The number of hydrogen-bond donors (Lipinski definition) is 2. The number of amides is 1. The van der Waals surface area contributed by atoms with Crippen LogP contribution in [0.25, 0.3) is 0 Å². The molecule has 3 aromatic carbocycles. The number of phenolic OH excluding ortho intramolecular Hbond substituents is 1. The van der Waals surface area contributed by atoms with Gasteiger partial charge in [-0.1, -0.05) is 29.8 Å². The summed E-state index contributed by atoms with van der Waals surface area (Å²) in [5, 5.41) is 29.4. The van der Waals surface area contributed by atoms with Gasteiger partial charge in [-0.05, 0) is 54.8 Å². The Hall–Kier alpha value is -4.09. The lowest BCUT2D eigenvalue weighted by Gasteiger charge is -2.19. The number of non-ortho nitro benzene ring substituents is 1. The van der Waals surface area contributed by atoms with E-state index < -0.39 is 20.9 Å². The average molecular weight is 513 g/mol. The number of carbonyl (C=O) groups is 1. The van der Waals surface area contributed by atoms with Gasteiger partial charge in [-0.25, -0.2) is 8.42 Å². The minimum atomic E-state index is -4.00. The SMILES string of the molecule is O=C(N=Nc1cc(NS(=O)(=O)c2ccc(Cl)cc2)c2c(c1O)CC=CC2)c1cccc([N+](=O)[O-])c1. The molecule has 10 nitrogen and oxygen atoms in total. The number of benzene rings is 3. The van der Waals surface area contributed by atoms with E-state index in [1.807, 2.05) is 12.2 Å². The summed E-state index contributed by atoms with van der Waals surface area (Å²) in [6.45, 7) is 0. The van der Waals surface area contributed by atoms with Crippen molar-refractivity contribution < 1.29 is 23.2 Å². The number of nitro groups is 1. The number of halogens is 1. The van der Waals surface area contributed by atoms with Crippen LogP contribution in [0, 0.1) is 10.1 Å². The molecule has 0 saturated carbocycles. The number of nitrogens with zero attached hydrogens (tertiary/aromatic N) is 3. The molecule has 0 aliphatic heterocycles. The second-order valence-corrected chi connectivity index (χ2v) is 9.62. The lowest BCUT2D eigenvalue weighted by atomic mass is 9.93. The van der Waals surface area contributed by atoms with Crippen molar-refractivity contribution in [1.82, 2.24) is 0 Å². The van der Waals surface area contributed by atoms with Gasteiger partial charge < -0.3 is 5.11 Å². The molecular formula is C23H17ClN4O6S. The summed E-state index contributed by atoms with van der Waals surface area (Å²) in [6.07, 6.45) is 4.34. The Balaban J connectivity index is 1.70. The van der Waals surface area contributed by atoms with E-state index in [9.17, 15) is 28.4 Å². The van der Waals surface area contributed by atoms with Crippen LogP contribution >= 0.6 is 11.6 Å². The van der Waals surface area contributed by atoms with E-state index in [0.717, 1.165) is 6.07 Å². The highest BCUT2D eigenvalue weighted by Gasteiger charge is 2.23. The molecule has 0 unspecified atom stereocenters. The second kappa shape index (κ2) is 9.65. The van der Waals surface area contributed by atoms with Crippen molar-refractivity contribution in [3.05, 3.63) is 98.6 Å². The fourth-order valence-corrected chi connectivity index (χ4v) is 4.71. The summed E-state index contributed by atoms with van der Waals surface area (Å²) >= 11 is 5.85. The van der Waals surface area contributed by atoms with Gasteiger partial charge in [0, 0.05) is 22.7 Å². The van der Waals surface area contributed by atoms with Gasteiger partial charge in [0.2, 0.25) is 0 Å². The van der Waals surface area contributed by atoms with Gasteiger partial charge in [0.1, 0.15) is 11.4 Å². The average Bonchev–Trinajstić information content (AvgIpc) is 2.85. The fraction of sp³-hybridized carbons (Fsp3) is 0.0870. The molecule has 0 aromatic heterocycles. The van der Waals surface area contributed by atoms with Gasteiger partial charge in [0.25, 0.3) is 21.6 Å². The monoisotopic (exact) mass is 512 g/mol. The van der Waals surface area contributed by atoms with E-state index in [-0.39, 0.29) is 33.3 Å². The topological polar surface area (TPSA) is 151 Å². The number of carbonyl (C=O) groups excluding carboxylic acids is 1. The highest BCUT2D eigenvalue weighted by Crippen LogP contribution is 2.41. The van der Waals surface area contributed by atoms with Crippen molar-refractivity contribution in [3.63, 3.8) is 0 Å². The van der Waals surface area contributed by atoms with E-state index in [1.54, 1.807) is 0 Å². The normalized spacial score (nSPS) is 12.9. The van der Waals surface area contributed by atoms with Crippen LogP contribution in [-0.2, 0) is 22.9 Å². The molecule has 0 heterocycles. The summed E-state index contributed by atoms with van der Waals surface area (Å²) in [7, 11) is -4.00. The largest absolute Gasteiger partial charge is 0.505 e. The molecule has 1 aliphatic rings. The van der Waals surface area contributed by atoms with Gasteiger partial charge in [-0.15, -0.1) is 10.2 Å². The summed E-state index contributed by atoms with van der Waals surface area (Å²) in [4.78, 5) is 22.7. The van der Waals surface area contributed by atoms with Crippen LogP contribution in [0.1, 0.15) is 21.5 Å². The first-order valence-corrected chi connectivity index (χ1v) is 12.0. The summed E-state index contributed by atoms with van der Waals surface area (Å²) in [6, 6.07) is 11.9. The van der Waals surface area contributed by atoms with Crippen molar-refractivity contribution in [2.75, 3.05) is 4.72 Å². The van der Waals surface area contributed by atoms with Crippen LogP contribution in [0.5, 0.6) is 5.75 Å². The Morgan fingerprint density at radius 3 is 2.43 bits per heavy atom. The van der Waals surface area contributed by atoms with Crippen LogP contribution in [0.15, 0.2) is 81.9 Å². The van der Waals surface area contributed by atoms with Crippen LogP contribution < -0.4 is 4.72 Å². The molecule has 1 amide bonds. The van der Waals surface area contributed by atoms with E-state index in [4.69, 9.17) is 11.6 Å². The molecule has 4 rings (SSSR count). The number of sulfonamides is 1. The van der Waals surface area contributed by atoms with Gasteiger partial charge >= 0.3 is 0 Å². The minimum Gasteiger partial charge on any atom is -0.505 e. The Morgan fingerprint density at radius 2 is 1.74 bits per heavy atom. The summed E-state index contributed by atoms with van der Waals surface area (Å²) in [5.74, 6) is -1.11. The standard InChI is InChI=1S/C23H17ClN4O6S/c24-15-8-10-17(11-9-15)35(33,34)27-20-13-21(22(29)19-7-2-1-6-18(19)20)25-26-23(30)14-4-3-5-16(12-14)28(31)32/h1-5,8-13,27,29H,6-7H2. The molecule has 178 valence electrons. The molecular weight excluding hydrogens is 496 g/mol. The summed E-state index contributed by atoms with van der Waals surface area (Å²) in [5.41, 5.74) is 0.702. The third-order valence-corrected chi connectivity index (χ3v) is 6.86. The Bertz CT molecular complexity index is 1500. The second-order valence-electron chi connectivity index (χ2n) is 7.50. The first-order chi connectivity index (χ1) is 16.7. The maximum absolute atomic E-state index is 12.9. The third kappa shape index (κ3) is 5.20. The molecule has 0 atom stereocenters. The number of nitro benzene ring substituents is 1. The third-order valence-electron chi connectivity index (χ3n) is 5.23. The number of azo groups is 1. The number of fused-ring (bicyclic) bond motifs is 1. The molecule has 1 aliphatic carbocycles. The fourth-order valence-electron chi connectivity index (χ4n) is 3.50. The number of allylic oxidation sites excluding steroid dienone is 2. The molecule has 0 saturated heterocycles. The van der Waals surface area contributed by atoms with Crippen LogP contribution in [0.3, 0.4) is 0 Å². The molecule has 0 spiro atoms. The lowest BCUT2D eigenvalue weighted by Crippen LogP contribution is -2.15. The highest BCUT2D eigenvalue weighted by atomic mass is 35.5.